The fourth-order valence-electron chi connectivity index (χ4n) is 0.716. The van der Waals surface area contributed by atoms with Gasteiger partial charge in [-0.3, -0.25) is 0 Å². The Morgan fingerprint density at radius 2 is 2.55 bits per heavy atom. The summed E-state index contributed by atoms with van der Waals surface area (Å²) in [6.07, 6.45) is 1.67. The van der Waals surface area contributed by atoms with Crippen molar-refractivity contribution in [3.63, 3.8) is 0 Å². The Labute approximate surface area is 66.8 Å². The second kappa shape index (κ2) is 4.78. The number of rotatable bonds is 4. The van der Waals surface area contributed by atoms with Gasteiger partial charge in [0.25, 0.3) is 0 Å². The minimum absolute atomic E-state index is 0.291. The van der Waals surface area contributed by atoms with Gasteiger partial charge in [0.1, 0.15) is 0 Å². The van der Waals surface area contributed by atoms with Crippen LogP contribution < -0.4 is 0 Å². The van der Waals surface area contributed by atoms with Crippen LogP contribution in [-0.4, -0.2) is 19.5 Å². The summed E-state index contributed by atoms with van der Waals surface area (Å²) in [6, 6.07) is 0. The zero-order chi connectivity index (χ0) is 8.10. The van der Waals surface area contributed by atoms with Gasteiger partial charge in [-0.2, -0.15) is 0 Å². The molecule has 2 atom stereocenters. The van der Waals surface area contributed by atoms with Crippen molar-refractivity contribution in [3.05, 3.63) is 0 Å². The van der Waals surface area contributed by atoms with Crippen LogP contribution in [0.5, 0.6) is 0 Å². The molecule has 4 nitrogen and oxygen atoms in total. The first-order valence-corrected chi connectivity index (χ1v) is 4.81. The van der Waals surface area contributed by atoms with E-state index in [2.05, 4.69) is 11.4 Å². The lowest BCUT2D eigenvalue weighted by atomic mass is 10.4. The minimum Gasteiger partial charge on any atom is -0.346 e. The van der Waals surface area contributed by atoms with Crippen LogP contribution in [0.25, 0.3) is 0 Å². The molecule has 0 aromatic rings. The maximum absolute atomic E-state index is 10.5. The van der Waals surface area contributed by atoms with E-state index in [4.69, 9.17) is 9.26 Å². The minimum atomic E-state index is -1.90. The summed E-state index contributed by atoms with van der Waals surface area (Å²) in [7, 11) is -1.90. The van der Waals surface area contributed by atoms with Gasteiger partial charge >= 0.3 is 8.25 Å². The van der Waals surface area contributed by atoms with Crippen LogP contribution in [0.2, 0.25) is 0 Å². The Morgan fingerprint density at radius 3 is 3.09 bits per heavy atom. The van der Waals surface area contributed by atoms with E-state index in [0.29, 0.717) is 13.2 Å². The van der Waals surface area contributed by atoms with Gasteiger partial charge in [-0.15, -0.1) is 4.52 Å². The molecule has 1 heterocycles. The molecule has 0 bridgehead atoms. The zero-order valence-corrected chi connectivity index (χ0v) is 7.38. The van der Waals surface area contributed by atoms with Crippen LogP contribution in [0, 0.1) is 0 Å². The third kappa shape index (κ3) is 3.25. The SMILES string of the molecule is CCCCOC1CO[P+](=O)O1. The molecule has 0 saturated carbocycles. The lowest BCUT2D eigenvalue weighted by molar-refractivity contribution is -0.0666. The number of hydrogen-bond donors (Lipinski definition) is 0. The highest BCUT2D eigenvalue weighted by Crippen LogP contribution is 2.33. The summed E-state index contributed by atoms with van der Waals surface area (Å²) in [5.41, 5.74) is 0. The first-order valence-electron chi connectivity index (χ1n) is 3.71. The largest absolute Gasteiger partial charge is 0.700 e. The molecule has 1 aliphatic heterocycles. The van der Waals surface area contributed by atoms with Crippen molar-refractivity contribution in [2.24, 2.45) is 0 Å². The summed E-state index contributed by atoms with van der Waals surface area (Å²) < 4.78 is 25.1. The third-order valence-corrected chi connectivity index (χ3v) is 2.09. The third-order valence-electron chi connectivity index (χ3n) is 1.32. The van der Waals surface area contributed by atoms with E-state index in [0.717, 1.165) is 12.8 Å². The van der Waals surface area contributed by atoms with Crippen molar-refractivity contribution in [1.82, 2.24) is 0 Å². The Bertz CT molecular complexity index is 139. The quantitative estimate of drug-likeness (QED) is 0.487. The zero-order valence-electron chi connectivity index (χ0n) is 6.49. The van der Waals surface area contributed by atoms with Crippen molar-refractivity contribution < 1.29 is 18.3 Å². The topological polar surface area (TPSA) is 44.8 Å². The van der Waals surface area contributed by atoms with E-state index < -0.39 is 14.5 Å². The normalized spacial score (nSPS) is 27.7. The van der Waals surface area contributed by atoms with Gasteiger partial charge in [0.15, 0.2) is 6.61 Å². The van der Waals surface area contributed by atoms with E-state index in [-0.39, 0.29) is 0 Å². The second-order valence-electron chi connectivity index (χ2n) is 2.28. The van der Waals surface area contributed by atoms with Crippen molar-refractivity contribution in [1.29, 1.82) is 0 Å². The molecule has 0 aromatic carbocycles. The molecular weight excluding hydrogens is 167 g/mol. The van der Waals surface area contributed by atoms with Gasteiger partial charge in [-0.25, -0.2) is 0 Å². The van der Waals surface area contributed by atoms with Gasteiger partial charge in [-0.05, 0) is 6.42 Å². The van der Waals surface area contributed by atoms with Crippen molar-refractivity contribution >= 4 is 8.25 Å². The Kier molecular flexibility index (Phi) is 3.94. The van der Waals surface area contributed by atoms with Crippen LogP contribution in [0.1, 0.15) is 19.8 Å². The van der Waals surface area contributed by atoms with E-state index in [9.17, 15) is 4.57 Å². The number of hydrogen-bond acceptors (Lipinski definition) is 4. The second-order valence-corrected chi connectivity index (χ2v) is 3.19. The molecule has 1 rings (SSSR count). The van der Waals surface area contributed by atoms with Crippen LogP contribution in [0.15, 0.2) is 0 Å². The molecule has 0 radical (unpaired) electrons. The predicted molar refractivity (Wildman–Crippen MR) is 39.3 cm³/mol. The molecule has 11 heavy (non-hydrogen) atoms. The van der Waals surface area contributed by atoms with Crippen molar-refractivity contribution in [2.45, 2.75) is 26.1 Å². The Morgan fingerprint density at radius 1 is 1.73 bits per heavy atom. The fourth-order valence-corrected chi connectivity index (χ4v) is 1.33. The Hall–Kier alpha value is -0.0200. The summed E-state index contributed by atoms with van der Waals surface area (Å²) in [4.78, 5) is 0. The fraction of sp³-hybridized carbons (Fsp3) is 1.00. The summed E-state index contributed by atoms with van der Waals surface area (Å²) in [6.45, 7) is 3.02. The average Bonchev–Trinajstić information content (AvgIpc) is 2.37. The molecule has 1 fully saturated rings. The highest BCUT2D eigenvalue weighted by atomic mass is 31.1. The van der Waals surface area contributed by atoms with Crippen LogP contribution >= 0.6 is 8.25 Å². The smallest absolute Gasteiger partial charge is 0.346 e. The van der Waals surface area contributed by atoms with Crippen LogP contribution in [-0.2, 0) is 18.3 Å². The lowest BCUT2D eigenvalue weighted by Gasteiger charge is -2.02. The summed E-state index contributed by atoms with van der Waals surface area (Å²) >= 11 is 0. The maximum atomic E-state index is 10.5. The standard InChI is InChI=1S/C6H12O4P/c1-2-3-4-8-6-5-9-11(7)10-6/h6H,2-5H2,1H3/q+1. The summed E-state index contributed by atoms with van der Waals surface area (Å²) in [5, 5.41) is 0. The molecule has 0 aliphatic carbocycles. The van der Waals surface area contributed by atoms with Gasteiger partial charge in [0.2, 0.25) is 6.29 Å². The van der Waals surface area contributed by atoms with Crippen LogP contribution in [0.3, 0.4) is 0 Å². The monoisotopic (exact) mass is 179 g/mol. The van der Waals surface area contributed by atoms with E-state index in [1.807, 2.05) is 0 Å². The Balaban J connectivity index is 2.04. The predicted octanol–water partition coefficient (Wildman–Crippen LogP) is 1.83. The molecule has 0 aromatic heterocycles. The van der Waals surface area contributed by atoms with E-state index >= 15 is 0 Å². The van der Waals surface area contributed by atoms with Gasteiger partial charge in [0.05, 0.1) is 6.61 Å². The lowest BCUT2D eigenvalue weighted by Crippen LogP contribution is -2.14. The summed E-state index contributed by atoms with van der Waals surface area (Å²) in [5.74, 6) is 0. The maximum Gasteiger partial charge on any atom is 0.700 e. The molecule has 2 unspecified atom stereocenters. The molecule has 0 N–H and O–H groups in total. The van der Waals surface area contributed by atoms with E-state index in [1.54, 1.807) is 0 Å². The van der Waals surface area contributed by atoms with Gasteiger partial charge < -0.3 is 4.74 Å². The highest BCUT2D eigenvalue weighted by molar-refractivity contribution is 7.33. The number of unbranched alkanes of at least 4 members (excludes halogenated alkanes) is 1. The van der Waals surface area contributed by atoms with E-state index in [1.165, 1.54) is 0 Å². The molecular formula is C6H12O4P+. The van der Waals surface area contributed by atoms with Gasteiger partial charge in [0, 0.05) is 4.57 Å². The van der Waals surface area contributed by atoms with Gasteiger partial charge in [-0.1, -0.05) is 17.9 Å². The van der Waals surface area contributed by atoms with Crippen LogP contribution in [0.4, 0.5) is 0 Å². The molecule has 5 heteroatoms. The van der Waals surface area contributed by atoms with Crippen molar-refractivity contribution in [3.8, 4) is 0 Å². The molecule has 64 valence electrons. The molecule has 1 saturated heterocycles. The number of ether oxygens (including phenoxy) is 1. The van der Waals surface area contributed by atoms with Crippen molar-refractivity contribution in [2.75, 3.05) is 13.2 Å². The highest BCUT2D eigenvalue weighted by Gasteiger charge is 2.38. The molecule has 0 spiro atoms. The molecule has 0 amide bonds. The first-order chi connectivity index (χ1) is 5.33. The first kappa shape index (κ1) is 9.07. The average molecular weight is 179 g/mol. The molecule has 1 aliphatic rings.